The summed E-state index contributed by atoms with van der Waals surface area (Å²) >= 11 is 0. The molecule has 0 bridgehead atoms. The van der Waals surface area contributed by atoms with Gasteiger partial charge in [0, 0.05) is 31.5 Å². The molecule has 1 saturated heterocycles. The molecule has 3 rings (SSSR count). The molecule has 0 radical (unpaired) electrons. The maximum atomic E-state index is 12.4. The van der Waals surface area contributed by atoms with Gasteiger partial charge < -0.3 is 9.42 Å². The fraction of sp³-hybridized carbons (Fsp3) is 0.438. The Bertz CT molecular complexity index is 609. The number of aromatic nitrogens is 2. The molecule has 0 spiro atoms. The van der Waals surface area contributed by atoms with Crippen LogP contribution in [0.25, 0.3) is 0 Å². The number of pyridine rings is 1. The van der Waals surface area contributed by atoms with Crippen LogP contribution in [-0.4, -0.2) is 34.0 Å². The number of hydrogen-bond donors (Lipinski definition) is 0. The van der Waals surface area contributed by atoms with Gasteiger partial charge in [-0.1, -0.05) is 11.2 Å². The van der Waals surface area contributed by atoms with Gasteiger partial charge in [0.1, 0.15) is 5.76 Å². The second kappa shape index (κ2) is 6.08. The minimum Gasteiger partial charge on any atom is -0.361 e. The molecule has 1 aliphatic rings. The van der Waals surface area contributed by atoms with Crippen LogP contribution < -0.4 is 0 Å². The minimum absolute atomic E-state index is 0.0252. The first-order valence-electron chi connectivity index (χ1n) is 7.34. The largest absolute Gasteiger partial charge is 0.361 e. The highest BCUT2D eigenvalue weighted by molar-refractivity contribution is 5.92. The Morgan fingerprint density at radius 3 is 3.14 bits per heavy atom. The summed E-state index contributed by atoms with van der Waals surface area (Å²) in [6.45, 7) is 3.37. The zero-order chi connectivity index (χ0) is 14.7. The summed E-state index contributed by atoms with van der Waals surface area (Å²) in [5, 5.41) is 3.82. The first-order chi connectivity index (χ1) is 10.2. The van der Waals surface area contributed by atoms with Gasteiger partial charge in [0.05, 0.1) is 0 Å². The van der Waals surface area contributed by atoms with Gasteiger partial charge in [-0.2, -0.15) is 0 Å². The van der Waals surface area contributed by atoms with Crippen LogP contribution in [0.3, 0.4) is 0 Å². The van der Waals surface area contributed by atoms with E-state index in [0.717, 1.165) is 32.4 Å². The van der Waals surface area contributed by atoms with E-state index < -0.39 is 0 Å². The molecule has 21 heavy (non-hydrogen) atoms. The SMILES string of the molecule is Cc1cc(C(=O)N2CCCC(Cc3cccnc3)C2)no1. The second-order valence-corrected chi connectivity index (χ2v) is 5.65. The van der Waals surface area contributed by atoms with E-state index in [1.165, 1.54) is 5.56 Å². The third kappa shape index (κ3) is 3.29. The van der Waals surface area contributed by atoms with Crippen molar-refractivity contribution in [3.63, 3.8) is 0 Å². The van der Waals surface area contributed by atoms with Crippen molar-refractivity contribution in [1.82, 2.24) is 15.0 Å². The van der Waals surface area contributed by atoms with Crippen LogP contribution in [0.4, 0.5) is 0 Å². The molecule has 1 unspecified atom stereocenters. The smallest absolute Gasteiger partial charge is 0.276 e. The number of hydrogen-bond acceptors (Lipinski definition) is 4. The van der Waals surface area contributed by atoms with E-state index in [1.54, 1.807) is 19.2 Å². The van der Waals surface area contributed by atoms with Gasteiger partial charge in [-0.3, -0.25) is 9.78 Å². The number of aryl methyl sites for hydroxylation is 1. The number of nitrogens with zero attached hydrogens (tertiary/aromatic N) is 3. The highest BCUT2D eigenvalue weighted by Gasteiger charge is 2.26. The van der Waals surface area contributed by atoms with Gasteiger partial charge in [-0.05, 0) is 43.7 Å². The van der Waals surface area contributed by atoms with Crippen molar-refractivity contribution < 1.29 is 9.32 Å². The van der Waals surface area contributed by atoms with Crippen LogP contribution in [0.1, 0.15) is 34.7 Å². The first kappa shape index (κ1) is 13.8. The molecule has 1 aliphatic heterocycles. The monoisotopic (exact) mass is 285 g/mol. The molecule has 1 atom stereocenters. The molecular formula is C16H19N3O2. The molecular weight excluding hydrogens is 266 g/mol. The second-order valence-electron chi connectivity index (χ2n) is 5.65. The highest BCUT2D eigenvalue weighted by Crippen LogP contribution is 2.22. The van der Waals surface area contributed by atoms with Crippen molar-refractivity contribution in [3.05, 3.63) is 47.6 Å². The molecule has 0 N–H and O–H groups in total. The van der Waals surface area contributed by atoms with E-state index in [0.29, 0.717) is 17.4 Å². The Kier molecular flexibility index (Phi) is 3.99. The summed E-state index contributed by atoms with van der Waals surface area (Å²) < 4.78 is 4.99. The summed E-state index contributed by atoms with van der Waals surface area (Å²) in [7, 11) is 0. The maximum Gasteiger partial charge on any atom is 0.276 e. The zero-order valence-electron chi connectivity index (χ0n) is 12.2. The lowest BCUT2D eigenvalue weighted by atomic mass is 9.92. The number of amides is 1. The third-order valence-corrected chi connectivity index (χ3v) is 3.90. The van der Waals surface area contributed by atoms with E-state index in [1.807, 2.05) is 17.2 Å². The molecule has 0 aliphatic carbocycles. The summed E-state index contributed by atoms with van der Waals surface area (Å²) in [5.41, 5.74) is 1.64. The van der Waals surface area contributed by atoms with Crippen LogP contribution in [0.15, 0.2) is 35.1 Å². The van der Waals surface area contributed by atoms with Crippen LogP contribution in [0.5, 0.6) is 0 Å². The number of likely N-dealkylation sites (tertiary alicyclic amines) is 1. The Hall–Kier alpha value is -2.17. The predicted octanol–water partition coefficient (Wildman–Crippen LogP) is 2.47. The molecule has 3 heterocycles. The van der Waals surface area contributed by atoms with Crippen molar-refractivity contribution in [2.24, 2.45) is 5.92 Å². The summed E-state index contributed by atoms with van der Waals surface area (Å²) in [4.78, 5) is 18.4. The van der Waals surface area contributed by atoms with Crippen molar-refractivity contribution in [1.29, 1.82) is 0 Å². The van der Waals surface area contributed by atoms with E-state index in [4.69, 9.17) is 4.52 Å². The van der Waals surface area contributed by atoms with E-state index in [2.05, 4.69) is 16.2 Å². The molecule has 1 amide bonds. The molecule has 1 fully saturated rings. The minimum atomic E-state index is -0.0252. The number of piperidine rings is 1. The Balaban J connectivity index is 1.64. The predicted molar refractivity (Wildman–Crippen MR) is 77.8 cm³/mol. The zero-order valence-corrected chi connectivity index (χ0v) is 12.2. The van der Waals surface area contributed by atoms with Crippen LogP contribution in [0.2, 0.25) is 0 Å². The van der Waals surface area contributed by atoms with Gasteiger partial charge in [0.25, 0.3) is 5.91 Å². The van der Waals surface area contributed by atoms with E-state index in [9.17, 15) is 4.79 Å². The fourth-order valence-corrected chi connectivity index (χ4v) is 2.90. The Labute approximate surface area is 124 Å². The van der Waals surface area contributed by atoms with Crippen molar-refractivity contribution in [3.8, 4) is 0 Å². The normalized spacial score (nSPS) is 18.7. The fourth-order valence-electron chi connectivity index (χ4n) is 2.90. The summed E-state index contributed by atoms with van der Waals surface area (Å²) in [5.74, 6) is 1.13. The Morgan fingerprint density at radius 2 is 2.43 bits per heavy atom. The molecule has 2 aromatic heterocycles. The summed E-state index contributed by atoms with van der Waals surface area (Å²) in [6.07, 6.45) is 6.84. The van der Waals surface area contributed by atoms with Gasteiger partial charge in [-0.25, -0.2) is 0 Å². The molecule has 0 saturated carbocycles. The third-order valence-electron chi connectivity index (χ3n) is 3.90. The average Bonchev–Trinajstić information content (AvgIpc) is 2.94. The van der Waals surface area contributed by atoms with Gasteiger partial charge in [0.15, 0.2) is 5.69 Å². The standard InChI is InChI=1S/C16H19N3O2/c1-12-8-15(18-21-12)16(20)19-7-3-5-14(11-19)9-13-4-2-6-17-10-13/h2,4,6,8,10,14H,3,5,7,9,11H2,1H3. The summed E-state index contributed by atoms with van der Waals surface area (Å²) in [6, 6.07) is 5.75. The van der Waals surface area contributed by atoms with Gasteiger partial charge in [0.2, 0.25) is 0 Å². The van der Waals surface area contributed by atoms with Crippen LogP contribution >= 0.6 is 0 Å². The molecule has 5 nitrogen and oxygen atoms in total. The maximum absolute atomic E-state index is 12.4. The lowest BCUT2D eigenvalue weighted by Gasteiger charge is -2.32. The Morgan fingerprint density at radius 1 is 1.52 bits per heavy atom. The topological polar surface area (TPSA) is 59.2 Å². The number of carbonyl (C=O) groups is 1. The average molecular weight is 285 g/mol. The van der Waals surface area contributed by atoms with Crippen molar-refractivity contribution >= 4 is 5.91 Å². The molecule has 110 valence electrons. The number of rotatable bonds is 3. The van der Waals surface area contributed by atoms with Gasteiger partial charge >= 0.3 is 0 Å². The van der Waals surface area contributed by atoms with E-state index >= 15 is 0 Å². The first-order valence-corrected chi connectivity index (χ1v) is 7.34. The van der Waals surface area contributed by atoms with Crippen molar-refractivity contribution in [2.45, 2.75) is 26.2 Å². The molecule has 2 aromatic rings. The molecule has 0 aromatic carbocycles. The van der Waals surface area contributed by atoms with Gasteiger partial charge in [-0.15, -0.1) is 0 Å². The van der Waals surface area contributed by atoms with Crippen LogP contribution in [-0.2, 0) is 6.42 Å². The van der Waals surface area contributed by atoms with Crippen LogP contribution in [0, 0.1) is 12.8 Å². The molecule has 5 heteroatoms. The quantitative estimate of drug-likeness (QED) is 0.869. The highest BCUT2D eigenvalue weighted by atomic mass is 16.5. The van der Waals surface area contributed by atoms with Crippen molar-refractivity contribution in [2.75, 3.05) is 13.1 Å². The lowest BCUT2D eigenvalue weighted by Crippen LogP contribution is -2.40. The van der Waals surface area contributed by atoms with E-state index in [-0.39, 0.29) is 5.91 Å². The lowest BCUT2D eigenvalue weighted by molar-refractivity contribution is 0.0663. The number of carbonyl (C=O) groups excluding carboxylic acids is 1.